The van der Waals surface area contributed by atoms with Gasteiger partial charge in [0.05, 0.1) is 26.6 Å². The van der Waals surface area contributed by atoms with Crippen LogP contribution in [0.4, 0.5) is 11.4 Å². The molecule has 2 saturated carbocycles. The summed E-state index contributed by atoms with van der Waals surface area (Å²) in [6.45, 7) is 6.07. The highest BCUT2D eigenvalue weighted by atomic mass is 35.5. The Labute approximate surface area is 196 Å². The minimum atomic E-state index is -0.790. The predicted octanol–water partition coefficient (Wildman–Crippen LogP) is 5.62. The number of nitrogens with zero attached hydrogens (tertiary/aromatic N) is 2. The molecule has 2 unspecified atom stereocenters. The molecule has 172 valence electrons. The molecule has 2 fully saturated rings. The molecule has 2 aliphatic rings. The summed E-state index contributed by atoms with van der Waals surface area (Å²) in [6, 6.07) is 12.4. The summed E-state index contributed by atoms with van der Waals surface area (Å²) >= 11 is 6.08. The summed E-state index contributed by atoms with van der Waals surface area (Å²) < 4.78 is 0. The number of rotatable bonds is 5. The molecule has 0 spiro atoms. The first-order valence-corrected chi connectivity index (χ1v) is 11.0. The van der Waals surface area contributed by atoms with Gasteiger partial charge in [0.25, 0.3) is 5.69 Å². The zero-order chi connectivity index (χ0) is 24.0. The lowest BCUT2D eigenvalue weighted by atomic mass is 9.64. The molecule has 1 amide bonds. The normalized spacial score (nSPS) is 26.2. The smallest absolute Gasteiger partial charge is 0.325 e. The Morgan fingerprint density at radius 2 is 1.85 bits per heavy atom. The molecule has 2 aliphatic carbocycles. The number of halogens is 1. The van der Waals surface area contributed by atoms with Gasteiger partial charge in [0.1, 0.15) is 0 Å². The number of oxime groups is 1. The van der Waals surface area contributed by atoms with Gasteiger partial charge < -0.3 is 10.2 Å². The maximum Gasteiger partial charge on any atom is 0.367 e. The average Bonchev–Trinajstić information content (AvgIpc) is 3.08. The van der Waals surface area contributed by atoms with Crippen molar-refractivity contribution < 1.29 is 19.3 Å². The van der Waals surface area contributed by atoms with E-state index in [2.05, 4.69) is 10.5 Å². The van der Waals surface area contributed by atoms with E-state index in [-0.39, 0.29) is 22.2 Å². The highest BCUT2D eigenvalue weighted by molar-refractivity contribution is 6.33. The molecule has 8 nitrogen and oxygen atoms in total. The van der Waals surface area contributed by atoms with E-state index in [9.17, 15) is 19.7 Å². The van der Waals surface area contributed by atoms with Gasteiger partial charge in [0.15, 0.2) is 0 Å². The Morgan fingerprint density at radius 1 is 1.12 bits per heavy atom. The number of anilines is 1. The van der Waals surface area contributed by atoms with E-state index >= 15 is 0 Å². The molecule has 0 saturated heterocycles. The van der Waals surface area contributed by atoms with Crippen molar-refractivity contribution in [1.29, 1.82) is 0 Å². The van der Waals surface area contributed by atoms with E-state index in [1.54, 1.807) is 30.3 Å². The van der Waals surface area contributed by atoms with Gasteiger partial charge in [-0.1, -0.05) is 55.7 Å². The number of benzene rings is 2. The number of nitrogens with one attached hydrogen (secondary N) is 1. The van der Waals surface area contributed by atoms with E-state index in [4.69, 9.17) is 16.4 Å². The topological polar surface area (TPSA) is 111 Å². The van der Waals surface area contributed by atoms with Gasteiger partial charge in [-0.25, -0.2) is 4.79 Å². The third kappa shape index (κ3) is 3.49. The minimum absolute atomic E-state index is 0.0963. The van der Waals surface area contributed by atoms with E-state index < -0.39 is 27.1 Å². The highest BCUT2D eigenvalue weighted by Gasteiger charge is 2.71. The van der Waals surface area contributed by atoms with Gasteiger partial charge in [0, 0.05) is 29.7 Å². The second kappa shape index (κ2) is 7.95. The number of hydrogen-bond acceptors (Lipinski definition) is 6. The van der Waals surface area contributed by atoms with Crippen LogP contribution < -0.4 is 5.32 Å². The Balaban J connectivity index is 1.60. The van der Waals surface area contributed by atoms with Gasteiger partial charge in [0.2, 0.25) is 5.91 Å². The Morgan fingerprint density at radius 3 is 2.55 bits per heavy atom. The minimum Gasteiger partial charge on any atom is -0.325 e. The van der Waals surface area contributed by atoms with Crippen molar-refractivity contribution in [2.45, 2.75) is 40.0 Å². The van der Waals surface area contributed by atoms with Crippen LogP contribution in [0.5, 0.6) is 0 Å². The van der Waals surface area contributed by atoms with Crippen LogP contribution in [-0.2, 0) is 9.63 Å². The van der Waals surface area contributed by atoms with Crippen molar-refractivity contribution in [3.05, 3.63) is 69.2 Å². The zero-order valence-corrected chi connectivity index (χ0v) is 19.3. The van der Waals surface area contributed by atoms with E-state index in [0.29, 0.717) is 30.7 Å². The van der Waals surface area contributed by atoms with Crippen LogP contribution in [0.25, 0.3) is 0 Å². The number of amides is 1. The molecule has 2 bridgehead atoms. The summed E-state index contributed by atoms with van der Waals surface area (Å²) in [4.78, 5) is 41.8. The number of carbonyl (C=O) groups is 2. The van der Waals surface area contributed by atoms with Crippen LogP contribution >= 0.6 is 11.6 Å². The van der Waals surface area contributed by atoms with Gasteiger partial charge in [-0.3, -0.25) is 14.9 Å². The van der Waals surface area contributed by atoms with E-state index in [1.165, 1.54) is 18.2 Å². The lowest BCUT2D eigenvalue weighted by Crippen LogP contribution is -2.43. The van der Waals surface area contributed by atoms with Crippen LogP contribution in [-0.4, -0.2) is 22.5 Å². The number of nitro groups is 1. The molecule has 2 aromatic rings. The summed E-state index contributed by atoms with van der Waals surface area (Å²) in [6.07, 6.45) is 1.66. The SMILES string of the molecule is CC12CCC(C(=O)Nc3cccc([N+](=O)[O-])c3)(C/C1=N\OC(=O)c1ccccc1Cl)C2(C)C. The fourth-order valence-electron chi connectivity index (χ4n) is 5.24. The largest absolute Gasteiger partial charge is 0.367 e. The monoisotopic (exact) mass is 469 g/mol. The summed E-state index contributed by atoms with van der Waals surface area (Å²) in [5, 5.41) is 18.4. The van der Waals surface area contributed by atoms with Gasteiger partial charge >= 0.3 is 5.97 Å². The molecule has 2 atom stereocenters. The van der Waals surface area contributed by atoms with Crippen molar-refractivity contribution >= 4 is 40.6 Å². The van der Waals surface area contributed by atoms with E-state index in [0.717, 1.165) is 0 Å². The first-order chi connectivity index (χ1) is 15.5. The molecule has 0 aromatic heterocycles. The first kappa shape index (κ1) is 22.9. The van der Waals surface area contributed by atoms with Gasteiger partial charge in [-0.2, -0.15) is 0 Å². The maximum absolute atomic E-state index is 13.5. The van der Waals surface area contributed by atoms with Crippen molar-refractivity contribution in [3.63, 3.8) is 0 Å². The molecule has 2 aromatic carbocycles. The van der Waals surface area contributed by atoms with Crippen LogP contribution in [0.3, 0.4) is 0 Å². The van der Waals surface area contributed by atoms with Gasteiger partial charge in [-0.15, -0.1) is 0 Å². The van der Waals surface area contributed by atoms with Crippen LogP contribution in [0.1, 0.15) is 50.4 Å². The molecule has 9 heteroatoms. The quantitative estimate of drug-likeness (QED) is 0.347. The summed E-state index contributed by atoms with van der Waals surface area (Å²) in [7, 11) is 0. The number of fused-ring (bicyclic) bond motifs is 2. The fraction of sp³-hybridized carbons (Fsp3) is 0.375. The summed E-state index contributed by atoms with van der Waals surface area (Å²) in [5.41, 5.74) is -0.594. The van der Waals surface area contributed by atoms with Crippen molar-refractivity contribution in [1.82, 2.24) is 0 Å². The summed E-state index contributed by atoms with van der Waals surface area (Å²) in [5.74, 6) is -0.883. The van der Waals surface area contributed by atoms with Crippen LogP contribution in [0.15, 0.2) is 53.7 Å². The van der Waals surface area contributed by atoms with Crippen molar-refractivity contribution in [2.24, 2.45) is 21.4 Å². The zero-order valence-electron chi connectivity index (χ0n) is 18.6. The van der Waals surface area contributed by atoms with E-state index in [1.807, 2.05) is 20.8 Å². The third-order valence-corrected chi connectivity index (χ3v) is 8.15. The number of hydrogen-bond donors (Lipinski definition) is 1. The highest BCUT2D eigenvalue weighted by Crippen LogP contribution is 2.71. The molecule has 0 heterocycles. The van der Waals surface area contributed by atoms with Crippen LogP contribution in [0, 0.1) is 26.4 Å². The molecule has 0 aliphatic heterocycles. The number of carbonyl (C=O) groups excluding carboxylic acids is 2. The van der Waals surface area contributed by atoms with Crippen molar-refractivity contribution in [3.8, 4) is 0 Å². The molecular weight excluding hydrogens is 446 g/mol. The fourth-order valence-corrected chi connectivity index (χ4v) is 5.46. The Hall–Kier alpha value is -3.26. The Kier molecular flexibility index (Phi) is 5.52. The number of non-ortho nitro benzene ring substituents is 1. The molecular formula is C24H24ClN3O5. The van der Waals surface area contributed by atoms with Gasteiger partial charge in [-0.05, 0) is 36.5 Å². The average molecular weight is 470 g/mol. The Bertz CT molecular complexity index is 1190. The molecule has 0 radical (unpaired) electrons. The maximum atomic E-state index is 13.5. The molecule has 1 N–H and O–H groups in total. The lowest BCUT2D eigenvalue weighted by Gasteiger charge is -2.39. The van der Waals surface area contributed by atoms with Crippen molar-refractivity contribution in [2.75, 3.05) is 5.32 Å². The molecule has 4 rings (SSSR count). The van der Waals surface area contributed by atoms with Crippen LogP contribution in [0.2, 0.25) is 5.02 Å². The molecule has 33 heavy (non-hydrogen) atoms. The second-order valence-electron chi connectivity index (χ2n) is 9.37. The predicted molar refractivity (Wildman–Crippen MR) is 124 cm³/mol. The third-order valence-electron chi connectivity index (χ3n) is 7.82. The standard InChI is InChI=1S/C24H24ClN3O5/c1-22(2)23(3)11-12-24(22,21(30)26-15-7-6-8-16(13-15)28(31)32)14-19(23)27-33-20(29)17-9-4-5-10-18(17)25/h4-10,13H,11-12,14H2,1-3H3,(H,26,30)/b27-19+. The lowest BCUT2D eigenvalue weighted by molar-refractivity contribution is -0.384. The number of nitro benzene ring substituents is 1. The first-order valence-electron chi connectivity index (χ1n) is 10.6. The second-order valence-corrected chi connectivity index (χ2v) is 9.78.